The maximum atomic E-state index is 13.1. The van der Waals surface area contributed by atoms with Crippen LogP contribution < -0.4 is 16.0 Å². The Labute approximate surface area is 237 Å². The lowest BCUT2D eigenvalue weighted by Crippen LogP contribution is -2.56. The molecule has 3 aromatic rings. The third kappa shape index (κ3) is 5.14. The number of carbonyl (C=O) groups is 2. The van der Waals surface area contributed by atoms with Gasteiger partial charge in [0, 0.05) is 30.2 Å². The van der Waals surface area contributed by atoms with Gasteiger partial charge in [-0.1, -0.05) is 17.7 Å². The maximum absolute atomic E-state index is 13.1. The van der Waals surface area contributed by atoms with Crippen molar-refractivity contribution < 1.29 is 14.3 Å². The van der Waals surface area contributed by atoms with Crippen LogP contribution in [0.4, 0.5) is 16.2 Å². The van der Waals surface area contributed by atoms with E-state index in [1.807, 2.05) is 31.7 Å². The molecule has 2 fully saturated rings. The Kier molecular flexibility index (Phi) is 6.62. The quantitative estimate of drug-likeness (QED) is 0.411. The highest BCUT2D eigenvalue weighted by Gasteiger charge is 2.44. The van der Waals surface area contributed by atoms with Crippen molar-refractivity contribution in [2.75, 3.05) is 23.7 Å². The van der Waals surface area contributed by atoms with Gasteiger partial charge in [0.2, 0.25) is 0 Å². The third-order valence-corrected chi connectivity index (χ3v) is 9.30. The highest BCUT2D eigenvalue weighted by atomic mass is 35.5. The van der Waals surface area contributed by atoms with Gasteiger partial charge in [0.1, 0.15) is 20.5 Å². The number of fused-ring (bicyclic) bond motifs is 4. The van der Waals surface area contributed by atoms with Gasteiger partial charge in [-0.2, -0.15) is 0 Å². The number of anilines is 2. The molecule has 0 spiro atoms. The van der Waals surface area contributed by atoms with Crippen molar-refractivity contribution in [3.63, 3.8) is 0 Å². The molecule has 0 unspecified atom stereocenters. The number of nitrogens with zero attached hydrogens (tertiary/aromatic N) is 3. The lowest BCUT2D eigenvalue weighted by Gasteiger charge is -2.42. The molecule has 3 N–H and O–H groups in total. The number of thiophene rings is 1. The molecule has 206 valence electrons. The molecule has 4 heterocycles. The minimum absolute atomic E-state index is 0.0465. The first kappa shape index (κ1) is 26.2. The molecule has 2 aromatic heterocycles. The average molecular weight is 568 g/mol. The van der Waals surface area contributed by atoms with Crippen molar-refractivity contribution >= 4 is 56.5 Å². The highest BCUT2D eigenvalue weighted by Crippen LogP contribution is 2.36. The van der Waals surface area contributed by atoms with Crippen LogP contribution in [0.25, 0.3) is 10.2 Å². The predicted molar refractivity (Wildman–Crippen MR) is 156 cm³/mol. The Balaban J connectivity index is 1.11. The van der Waals surface area contributed by atoms with Gasteiger partial charge in [-0.3, -0.25) is 9.69 Å². The first-order valence-electron chi connectivity index (χ1n) is 13.6. The van der Waals surface area contributed by atoms with Crippen LogP contribution in [0.1, 0.15) is 60.8 Å². The summed E-state index contributed by atoms with van der Waals surface area (Å²) in [6.45, 7) is 7.40. The second-order valence-corrected chi connectivity index (χ2v) is 13.3. The Morgan fingerprint density at radius 3 is 2.56 bits per heavy atom. The number of hydrogen-bond acceptors (Lipinski definition) is 7. The molecule has 8 nitrogen and oxygen atoms in total. The number of nitrogen functional groups attached to an aromatic ring is 1. The molecular weight excluding hydrogens is 534 g/mol. The number of halogens is 1. The van der Waals surface area contributed by atoms with Crippen LogP contribution >= 0.6 is 22.9 Å². The van der Waals surface area contributed by atoms with Crippen molar-refractivity contribution in [3.8, 4) is 0 Å². The van der Waals surface area contributed by atoms with E-state index >= 15 is 0 Å². The number of benzene rings is 1. The number of aromatic nitrogens is 1. The fourth-order valence-electron chi connectivity index (χ4n) is 6.18. The Morgan fingerprint density at radius 1 is 1.10 bits per heavy atom. The summed E-state index contributed by atoms with van der Waals surface area (Å²) in [5, 5.41) is 4.34. The van der Waals surface area contributed by atoms with E-state index in [0.29, 0.717) is 20.5 Å². The van der Waals surface area contributed by atoms with Gasteiger partial charge in [0.15, 0.2) is 0 Å². The Bertz CT molecular complexity index is 1440. The molecule has 0 radical (unpaired) electrons. The van der Waals surface area contributed by atoms with Gasteiger partial charge in [0.25, 0.3) is 5.91 Å². The van der Waals surface area contributed by atoms with Crippen LogP contribution in [0.15, 0.2) is 30.3 Å². The first-order chi connectivity index (χ1) is 18.6. The van der Waals surface area contributed by atoms with Crippen LogP contribution in [0.2, 0.25) is 5.15 Å². The van der Waals surface area contributed by atoms with Gasteiger partial charge in [-0.25, -0.2) is 9.78 Å². The molecule has 1 aromatic carbocycles. The number of amides is 2. The zero-order valence-corrected chi connectivity index (χ0v) is 24.1. The summed E-state index contributed by atoms with van der Waals surface area (Å²) in [7, 11) is 0. The summed E-state index contributed by atoms with van der Waals surface area (Å²) < 4.78 is 5.69. The molecule has 6 rings (SSSR count). The number of nitrogens with one attached hydrogen (secondary N) is 1. The molecule has 2 aliphatic heterocycles. The largest absolute Gasteiger partial charge is 0.444 e. The second-order valence-electron chi connectivity index (χ2n) is 11.9. The van der Waals surface area contributed by atoms with Crippen LogP contribution in [-0.4, -0.2) is 58.7 Å². The fourth-order valence-corrected chi connectivity index (χ4v) is 7.38. The summed E-state index contributed by atoms with van der Waals surface area (Å²) >= 11 is 7.29. The zero-order valence-electron chi connectivity index (χ0n) is 22.5. The van der Waals surface area contributed by atoms with E-state index in [1.165, 1.54) is 28.2 Å². The lowest BCUT2D eigenvalue weighted by atomic mass is 9.87. The van der Waals surface area contributed by atoms with Gasteiger partial charge in [-0.05, 0) is 88.3 Å². The normalized spacial score (nSPS) is 22.6. The van der Waals surface area contributed by atoms with Crippen LogP contribution in [0.3, 0.4) is 0 Å². The molecule has 10 heteroatoms. The van der Waals surface area contributed by atoms with E-state index in [1.54, 1.807) is 6.07 Å². The maximum Gasteiger partial charge on any atom is 0.410 e. The lowest BCUT2D eigenvalue weighted by molar-refractivity contribution is 0.0123. The van der Waals surface area contributed by atoms with Crippen LogP contribution in [0.5, 0.6) is 0 Å². The third-order valence-electron chi connectivity index (χ3n) is 7.97. The number of rotatable bonds is 3. The summed E-state index contributed by atoms with van der Waals surface area (Å²) in [6.07, 6.45) is 4.39. The zero-order chi connectivity index (χ0) is 27.5. The van der Waals surface area contributed by atoms with E-state index in [9.17, 15) is 9.59 Å². The minimum Gasteiger partial charge on any atom is -0.444 e. The van der Waals surface area contributed by atoms with Crippen molar-refractivity contribution in [2.24, 2.45) is 0 Å². The summed E-state index contributed by atoms with van der Waals surface area (Å²) in [5.41, 5.74) is 10.0. The van der Waals surface area contributed by atoms with E-state index in [-0.39, 0.29) is 30.1 Å². The Hall–Kier alpha value is -3.04. The molecule has 39 heavy (non-hydrogen) atoms. The van der Waals surface area contributed by atoms with Crippen molar-refractivity contribution in [3.05, 3.63) is 51.5 Å². The first-order valence-corrected chi connectivity index (χ1v) is 14.8. The molecule has 2 bridgehead atoms. The number of nitrogens with two attached hydrogens (primary N) is 1. The van der Waals surface area contributed by atoms with E-state index in [2.05, 4.69) is 33.4 Å². The number of carbonyl (C=O) groups excluding carboxylic acids is 2. The topological polar surface area (TPSA) is 101 Å². The average Bonchev–Trinajstić information content (AvgIpc) is 3.34. The molecule has 0 saturated carbocycles. The van der Waals surface area contributed by atoms with Crippen LogP contribution in [0, 0.1) is 0 Å². The Morgan fingerprint density at radius 2 is 1.85 bits per heavy atom. The monoisotopic (exact) mass is 567 g/mol. The highest BCUT2D eigenvalue weighted by molar-refractivity contribution is 7.21. The van der Waals surface area contributed by atoms with Gasteiger partial charge in [-0.15, -0.1) is 11.3 Å². The standard InChI is InChI=1S/C29H34ClN5O3S/c1-29(2,3)38-28(37)35-20-8-9-21(35)15-34(14-20)19-7-5-16-12-18(6-4-17(16)13-19)32-26(36)25-24(31)22-10-11-23(30)33-27(22)39-25/h5,7,10-11,13,18,20-21H,4,6,8-9,12,14-15,31H2,1-3H3,(H,32,36)/t18-,20-,21+/m0/s1. The summed E-state index contributed by atoms with van der Waals surface area (Å²) in [6, 6.07) is 10.6. The number of aryl methyl sites for hydroxylation is 1. The molecule has 1 aliphatic carbocycles. The van der Waals surface area contributed by atoms with Crippen molar-refractivity contribution in [2.45, 2.75) is 76.6 Å². The SMILES string of the molecule is CC(C)(C)OC(=O)N1[C@@H]2CC[C@H]1CN(c1ccc3c(c1)CC[C@H](NC(=O)c1sc4nc(Cl)ccc4c1N)C3)C2. The fraction of sp³-hybridized carbons (Fsp3) is 0.483. The minimum atomic E-state index is -0.487. The van der Waals surface area contributed by atoms with E-state index in [0.717, 1.165) is 50.6 Å². The van der Waals surface area contributed by atoms with E-state index in [4.69, 9.17) is 22.1 Å². The predicted octanol–water partition coefficient (Wildman–Crippen LogP) is 5.41. The van der Waals surface area contributed by atoms with E-state index < -0.39 is 5.60 Å². The summed E-state index contributed by atoms with van der Waals surface area (Å²) in [5.74, 6) is -0.157. The number of hydrogen-bond donors (Lipinski definition) is 2. The molecule has 2 saturated heterocycles. The number of ether oxygens (including phenoxy) is 1. The van der Waals surface area contributed by atoms with Gasteiger partial charge >= 0.3 is 6.09 Å². The summed E-state index contributed by atoms with van der Waals surface area (Å²) in [4.78, 5) is 35.8. The van der Waals surface area contributed by atoms with Crippen LogP contribution in [-0.2, 0) is 17.6 Å². The molecule has 3 atom stereocenters. The molecular formula is C29H34ClN5O3S. The van der Waals surface area contributed by atoms with Crippen molar-refractivity contribution in [1.82, 2.24) is 15.2 Å². The number of piperazine rings is 1. The molecule has 3 aliphatic rings. The molecule has 2 amide bonds. The van der Waals surface area contributed by atoms with Crippen molar-refractivity contribution in [1.29, 1.82) is 0 Å². The smallest absolute Gasteiger partial charge is 0.410 e. The van der Waals surface area contributed by atoms with Gasteiger partial charge < -0.3 is 20.7 Å². The van der Waals surface area contributed by atoms with Gasteiger partial charge in [0.05, 0.1) is 17.8 Å². The number of pyridine rings is 1. The second kappa shape index (κ2) is 9.86.